The number of amides is 1. The number of nitrogens with zero attached hydrogens (tertiary/aromatic N) is 4. The molecule has 1 aromatic rings. The van der Waals surface area contributed by atoms with Crippen molar-refractivity contribution in [1.29, 1.82) is 0 Å². The molecule has 1 fully saturated rings. The smallest absolute Gasteiger partial charge is 0.227 e. The molecular formula is C11H13N5O. The molecule has 1 aromatic carbocycles. The van der Waals surface area contributed by atoms with Gasteiger partial charge < -0.3 is 10.6 Å². The van der Waals surface area contributed by atoms with Gasteiger partial charge in [-0.15, -0.1) is 0 Å². The van der Waals surface area contributed by atoms with Crippen molar-refractivity contribution in [1.82, 2.24) is 0 Å². The molecule has 1 atom stereocenters. The van der Waals surface area contributed by atoms with E-state index in [-0.39, 0.29) is 11.8 Å². The van der Waals surface area contributed by atoms with Crippen LogP contribution in [0.4, 0.5) is 11.4 Å². The standard InChI is InChI=1S/C11H13N5O/c12-9-2-1-3-10(5-9)16-7-8(4-11(16)17)6-14-15-13/h1-3,5,8H,4,6-7,12H2. The van der Waals surface area contributed by atoms with Crippen molar-refractivity contribution < 1.29 is 4.79 Å². The average molecular weight is 231 g/mol. The first-order chi connectivity index (χ1) is 8.20. The summed E-state index contributed by atoms with van der Waals surface area (Å²) in [4.78, 5) is 16.2. The Kier molecular flexibility index (Phi) is 3.16. The summed E-state index contributed by atoms with van der Waals surface area (Å²) in [6.07, 6.45) is 0.424. The second kappa shape index (κ2) is 4.76. The van der Waals surface area contributed by atoms with Crippen LogP contribution in [0.25, 0.3) is 10.4 Å². The minimum atomic E-state index is 0.0498. The molecular weight excluding hydrogens is 218 g/mol. The minimum absolute atomic E-state index is 0.0498. The number of benzene rings is 1. The highest BCUT2D eigenvalue weighted by molar-refractivity contribution is 5.96. The van der Waals surface area contributed by atoms with E-state index in [2.05, 4.69) is 10.0 Å². The van der Waals surface area contributed by atoms with Crippen molar-refractivity contribution in [3.8, 4) is 0 Å². The van der Waals surface area contributed by atoms with E-state index in [0.29, 0.717) is 25.2 Å². The second-order valence-electron chi connectivity index (χ2n) is 4.08. The molecule has 1 aliphatic heterocycles. The zero-order valence-electron chi connectivity index (χ0n) is 9.28. The van der Waals surface area contributed by atoms with E-state index >= 15 is 0 Å². The number of nitrogens with two attached hydrogens (primary N) is 1. The number of hydrogen-bond acceptors (Lipinski definition) is 3. The zero-order chi connectivity index (χ0) is 12.3. The number of carbonyl (C=O) groups is 1. The lowest BCUT2D eigenvalue weighted by Gasteiger charge is -2.16. The molecule has 6 heteroatoms. The van der Waals surface area contributed by atoms with E-state index < -0.39 is 0 Å². The van der Waals surface area contributed by atoms with Crippen molar-refractivity contribution in [2.45, 2.75) is 6.42 Å². The van der Waals surface area contributed by atoms with E-state index in [9.17, 15) is 4.79 Å². The summed E-state index contributed by atoms with van der Waals surface area (Å²) < 4.78 is 0. The van der Waals surface area contributed by atoms with Crippen molar-refractivity contribution in [2.24, 2.45) is 11.0 Å². The first-order valence-electron chi connectivity index (χ1n) is 5.37. The maximum absolute atomic E-state index is 11.8. The van der Waals surface area contributed by atoms with Crippen molar-refractivity contribution in [3.05, 3.63) is 34.7 Å². The Morgan fingerprint density at radius 1 is 1.59 bits per heavy atom. The molecule has 17 heavy (non-hydrogen) atoms. The molecule has 1 saturated heterocycles. The van der Waals surface area contributed by atoms with Gasteiger partial charge in [-0.3, -0.25) is 4.79 Å². The first-order valence-corrected chi connectivity index (χ1v) is 5.37. The fraction of sp³-hybridized carbons (Fsp3) is 0.364. The molecule has 0 spiro atoms. The lowest BCUT2D eigenvalue weighted by atomic mass is 10.1. The van der Waals surface area contributed by atoms with Crippen LogP contribution in [-0.2, 0) is 4.79 Å². The molecule has 1 amide bonds. The Bertz CT molecular complexity index is 481. The molecule has 2 N–H and O–H groups in total. The highest BCUT2D eigenvalue weighted by Gasteiger charge is 2.29. The summed E-state index contributed by atoms with van der Waals surface area (Å²) in [7, 11) is 0. The quantitative estimate of drug-likeness (QED) is 0.372. The number of rotatable bonds is 3. The largest absolute Gasteiger partial charge is 0.399 e. The average Bonchev–Trinajstić information content (AvgIpc) is 2.68. The Balaban J connectivity index is 2.12. The third kappa shape index (κ3) is 2.49. The van der Waals surface area contributed by atoms with Gasteiger partial charge in [-0.25, -0.2) is 0 Å². The summed E-state index contributed by atoms with van der Waals surface area (Å²) in [5, 5.41) is 3.51. The summed E-state index contributed by atoms with van der Waals surface area (Å²) >= 11 is 0. The van der Waals surface area contributed by atoms with Gasteiger partial charge in [0.2, 0.25) is 5.91 Å². The van der Waals surface area contributed by atoms with E-state index in [4.69, 9.17) is 11.3 Å². The van der Waals surface area contributed by atoms with E-state index in [1.165, 1.54) is 0 Å². The van der Waals surface area contributed by atoms with Crippen molar-refractivity contribution in [3.63, 3.8) is 0 Å². The van der Waals surface area contributed by atoms with Gasteiger partial charge in [0.05, 0.1) is 0 Å². The Morgan fingerprint density at radius 3 is 3.12 bits per heavy atom. The number of nitrogen functional groups attached to an aromatic ring is 1. The SMILES string of the molecule is [N-]=[N+]=NCC1CC(=O)N(c2cccc(N)c2)C1. The van der Waals surface area contributed by atoms with Crippen LogP contribution in [0.2, 0.25) is 0 Å². The molecule has 1 heterocycles. The van der Waals surface area contributed by atoms with E-state index in [1.807, 2.05) is 12.1 Å². The predicted molar refractivity (Wildman–Crippen MR) is 65.3 cm³/mol. The Morgan fingerprint density at radius 2 is 2.41 bits per heavy atom. The molecule has 6 nitrogen and oxygen atoms in total. The molecule has 2 rings (SSSR count). The van der Waals surface area contributed by atoms with Gasteiger partial charge in [-0.1, -0.05) is 11.2 Å². The van der Waals surface area contributed by atoms with Gasteiger partial charge in [0.1, 0.15) is 0 Å². The molecule has 0 aromatic heterocycles. The van der Waals surface area contributed by atoms with Crippen LogP contribution in [0.5, 0.6) is 0 Å². The maximum atomic E-state index is 11.8. The minimum Gasteiger partial charge on any atom is -0.399 e. The van der Waals surface area contributed by atoms with E-state index in [0.717, 1.165) is 5.69 Å². The molecule has 0 aliphatic carbocycles. The van der Waals surface area contributed by atoms with Gasteiger partial charge in [0.25, 0.3) is 0 Å². The molecule has 0 bridgehead atoms. The van der Waals surface area contributed by atoms with Gasteiger partial charge in [-0.2, -0.15) is 0 Å². The summed E-state index contributed by atoms with van der Waals surface area (Å²) in [5.74, 6) is 0.147. The molecule has 1 unspecified atom stereocenters. The monoisotopic (exact) mass is 231 g/mol. The van der Waals surface area contributed by atoms with Crippen LogP contribution in [-0.4, -0.2) is 19.0 Å². The lowest BCUT2D eigenvalue weighted by molar-refractivity contribution is -0.117. The topological polar surface area (TPSA) is 95.1 Å². The molecule has 1 aliphatic rings. The van der Waals surface area contributed by atoms with Crippen LogP contribution < -0.4 is 10.6 Å². The maximum Gasteiger partial charge on any atom is 0.227 e. The lowest BCUT2D eigenvalue weighted by Crippen LogP contribution is -2.24. The molecule has 88 valence electrons. The number of carbonyl (C=O) groups excluding carboxylic acids is 1. The summed E-state index contributed by atoms with van der Waals surface area (Å²) in [6.45, 7) is 0.947. The van der Waals surface area contributed by atoms with Crippen LogP contribution in [0, 0.1) is 5.92 Å². The van der Waals surface area contributed by atoms with Crippen LogP contribution in [0.1, 0.15) is 6.42 Å². The van der Waals surface area contributed by atoms with Crippen LogP contribution >= 0.6 is 0 Å². The van der Waals surface area contributed by atoms with Crippen molar-refractivity contribution >= 4 is 17.3 Å². The Hall–Kier alpha value is -2.20. The zero-order valence-corrected chi connectivity index (χ0v) is 9.28. The van der Waals surface area contributed by atoms with Gasteiger partial charge in [0, 0.05) is 35.8 Å². The third-order valence-electron chi connectivity index (χ3n) is 2.79. The van der Waals surface area contributed by atoms with Crippen molar-refractivity contribution in [2.75, 3.05) is 23.7 Å². The summed E-state index contributed by atoms with van der Waals surface area (Å²) in [5.41, 5.74) is 15.4. The predicted octanol–water partition coefficient (Wildman–Crippen LogP) is 1.93. The van der Waals surface area contributed by atoms with Crippen LogP contribution in [0.15, 0.2) is 29.4 Å². The number of anilines is 2. The second-order valence-corrected chi connectivity index (χ2v) is 4.08. The van der Waals surface area contributed by atoms with Gasteiger partial charge in [0.15, 0.2) is 0 Å². The van der Waals surface area contributed by atoms with Gasteiger partial charge in [-0.05, 0) is 29.6 Å². The number of hydrogen-bond donors (Lipinski definition) is 1. The van der Waals surface area contributed by atoms with E-state index in [1.54, 1.807) is 17.0 Å². The normalized spacial score (nSPS) is 19.2. The third-order valence-corrected chi connectivity index (χ3v) is 2.79. The Labute approximate surface area is 98.6 Å². The number of azide groups is 1. The summed E-state index contributed by atoms with van der Waals surface area (Å²) in [6, 6.07) is 7.22. The van der Waals surface area contributed by atoms with Crippen LogP contribution in [0.3, 0.4) is 0 Å². The molecule has 0 saturated carbocycles. The van der Waals surface area contributed by atoms with Gasteiger partial charge >= 0.3 is 0 Å². The fourth-order valence-corrected chi connectivity index (χ4v) is 2.00. The highest BCUT2D eigenvalue weighted by Crippen LogP contribution is 2.26. The fourth-order valence-electron chi connectivity index (χ4n) is 2.00. The molecule has 0 radical (unpaired) electrons. The highest BCUT2D eigenvalue weighted by atomic mass is 16.2. The first kappa shape index (κ1) is 11.3.